The van der Waals surface area contributed by atoms with Crippen molar-refractivity contribution in [3.63, 3.8) is 0 Å². The third-order valence-electron chi connectivity index (χ3n) is 9.15. The van der Waals surface area contributed by atoms with Gasteiger partial charge in [-0.25, -0.2) is 4.98 Å². The van der Waals surface area contributed by atoms with Gasteiger partial charge in [-0.15, -0.1) is 0 Å². The van der Waals surface area contributed by atoms with Gasteiger partial charge in [0.1, 0.15) is 0 Å². The normalized spacial score (nSPS) is 12.5. The molecule has 0 aliphatic rings. The van der Waals surface area contributed by atoms with Gasteiger partial charge in [0, 0.05) is 10.9 Å². The van der Waals surface area contributed by atoms with Crippen LogP contribution in [-0.4, -0.2) is 4.98 Å². The number of fused-ring (bicyclic) bond motifs is 1. The second-order valence-corrected chi connectivity index (χ2v) is 15.9. The lowest BCUT2D eigenvalue weighted by atomic mass is 9.85. The Hall–Kier alpha value is -4.49. The van der Waals surface area contributed by atoms with Gasteiger partial charge in [0.05, 0.1) is 11.2 Å². The van der Waals surface area contributed by atoms with E-state index in [2.05, 4.69) is 184 Å². The van der Waals surface area contributed by atoms with Crippen LogP contribution in [0.4, 0.5) is 0 Å². The summed E-state index contributed by atoms with van der Waals surface area (Å²) in [6.07, 6.45) is 0. The molecule has 0 amide bonds. The van der Waals surface area contributed by atoms with Crippen LogP contribution in [0.2, 0.25) is 0 Å². The van der Waals surface area contributed by atoms with Crippen LogP contribution in [-0.2, 0) is 16.2 Å². The van der Waals surface area contributed by atoms with Gasteiger partial charge in [0.15, 0.2) is 0 Å². The number of hydrogen-bond acceptors (Lipinski definition) is 1. The number of benzene rings is 5. The summed E-state index contributed by atoms with van der Waals surface area (Å²) < 4.78 is 0. The lowest BCUT2D eigenvalue weighted by Crippen LogP contribution is -2.10. The quantitative estimate of drug-likeness (QED) is 0.196. The molecule has 5 aromatic carbocycles. The van der Waals surface area contributed by atoms with Crippen LogP contribution >= 0.6 is 0 Å². The molecule has 0 fully saturated rings. The van der Waals surface area contributed by atoms with Crippen LogP contribution in [0.1, 0.15) is 79.0 Å². The topological polar surface area (TPSA) is 12.9 Å². The SMILES string of the molecule is CC(C)(C)c1ccc(-c2cc(-c3ccc(C(C)(C)C)cc3)cc(-c3cccc(-c4ccc5cc(C(C)(C)C)ccc5n4)c3)c2)cc1. The van der Waals surface area contributed by atoms with Crippen LogP contribution in [0.25, 0.3) is 55.5 Å². The Morgan fingerprint density at radius 3 is 1.28 bits per heavy atom. The highest BCUT2D eigenvalue weighted by molar-refractivity contribution is 5.85. The molecule has 0 atom stereocenters. The fourth-order valence-electron chi connectivity index (χ4n) is 6.06. The number of hydrogen-bond donors (Lipinski definition) is 0. The summed E-state index contributed by atoms with van der Waals surface area (Å²) in [6, 6.07) is 45.0. The molecule has 46 heavy (non-hydrogen) atoms. The van der Waals surface area contributed by atoms with Crippen molar-refractivity contribution in [1.29, 1.82) is 0 Å². The summed E-state index contributed by atoms with van der Waals surface area (Å²) in [5, 5.41) is 1.18. The fraction of sp³-hybridized carbons (Fsp3) is 0.267. The summed E-state index contributed by atoms with van der Waals surface area (Å²) in [7, 11) is 0. The Bertz CT molecular complexity index is 1930. The minimum absolute atomic E-state index is 0.109. The summed E-state index contributed by atoms with van der Waals surface area (Å²) in [6.45, 7) is 20.4. The van der Waals surface area contributed by atoms with Crippen molar-refractivity contribution in [2.75, 3.05) is 0 Å². The maximum atomic E-state index is 5.09. The molecule has 6 rings (SSSR count). The van der Waals surface area contributed by atoms with Crippen molar-refractivity contribution in [1.82, 2.24) is 4.98 Å². The van der Waals surface area contributed by atoms with E-state index in [1.54, 1.807) is 0 Å². The summed E-state index contributed by atoms with van der Waals surface area (Å²) in [5.41, 5.74) is 14.8. The van der Waals surface area contributed by atoms with Crippen LogP contribution < -0.4 is 0 Å². The first-order valence-electron chi connectivity index (χ1n) is 16.5. The zero-order valence-corrected chi connectivity index (χ0v) is 29.0. The molecule has 0 saturated heterocycles. The summed E-state index contributed by atoms with van der Waals surface area (Å²) in [4.78, 5) is 5.09. The minimum Gasteiger partial charge on any atom is -0.248 e. The average Bonchev–Trinajstić information content (AvgIpc) is 3.03. The number of pyridine rings is 1. The molecule has 232 valence electrons. The van der Waals surface area contributed by atoms with Gasteiger partial charge in [-0.05, 0) is 109 Å². The summed E-state index contributed by atoms with van der Waals surface area (Å²) in [5.74, 6) is 0. The highest BCUT2D eigenvalue weighted by atomic mass is 14.7. The molecule has 6 aromatic rings. The van der Waals surface area contributed by atoms with Crippen molar-refractivity contribution < 1.29 is 0 Å². The van der Waals surface area contributed by atoms with Crippen molar-refractivity contribution in [3.8, 4) is 44.6 Å². The van der Waals surface area contributed by atoms with E-state index in [9.17, 15) is 0 Å². The van der Waals surface area contributed by atoms with Crippen LogP contribution in [0.15, 0.2) is 121 Å². The van der Waals surface area contributed by atoms with E-state index in [1.165, 1.54) is 55.5 Å². The standard InChI is InChI=1S/C45H47N/c1-43(2,3)38-18-13-30(14-19-38)35-26-36(31-15-20-39(21-16-31)44(4,5)6)28-37(27-35)32-11-10-12-33(25-32)41-23-17-34-29-40(45(7,8)9)22-24-42(34)46-41/h10-29H,1-9H3. The highest BCUT2D eigenvalue weighted by Crippen LogP contribution is 2.36. The van der Waals surface area contributed by atoms with Crippen LogP contribution in [0.3, 0.4) is 0 Å². The molecular weight excluding hydrogens is 555 g/mol. The first-order chi connectivity index (χ1) is 21.6. The van der Waals surface area contributed by atoms with Crippen molar-refractivity contribution >= 4 is 10.9 Å². The third-order valence-corrected chi connectivity index (χ3v) is 9.15. The van der Waals surface area contributed by atoms with E-state index >= 15 is 0 Å². The van der Waals surface area contributed by atoms with Gasteiger partial charge in [-0.2, -0.15) is 0 Å². The predicted molar refractivity (Wildman–Crippen MR) is 200 cm³/mol. The molecule has 1 heteroatoms. The number of nitrogens with zero attached hydrogens (tertiary/aromatic N) is 1. The Labute approximate surface area is 276 Å². The van der Waals surface area contributed by atoms with Crippen molar-refractivity contribution in [2.24, 2.45) is 0 Å². The second kappa shape index (κ2) is 11.7. The largest absolute Gasteiger partial charge is 0.248 e. The van der Waals surface area contributed by atoms with E-state index in [0.717, 1.165) is 16.8 Å². The summed E-state index contributed by atoms with van der Waals surface area (Å²) >= 11 is 0. The van der Waals surface area contributed by atoms with E-state index in [-0.39, 0.29) is 16.2 Å². The first kappa shape index (κ1) is 31.5. The van der Waals surface area contributed by atoms with E-state index < -0.39 is 0 Å². The predicted octanol–water partition coefficient (Wildman–Crippen LogP) is 12.8. The Morgan fingerprint density at radius 2 is 0.783 bits per heavy atom. The molecule has 1 aromatic heterocycles. The molecule has 0 unspecified atom stereocenters. The number of aromatic nitrogens is 1. The molecule has 0 N–H and O–H groups in total. The first-order valence-corrected chi connectivity index (χ1v) is 16.5. The lowest BCUT2D eigenvalue weighted by molar-refractivity contribution is 0.590. The zero-order valence-electron chi connectivity index (χ0n) is 29.0. The molecular formula is C45H47N. The molecule has 0 aliphatic heterocycles. The van der Waals surface area contributed by atoms with Gasteiger partial charge >= 0.3 is 0 Å². The van der Waals surface area contributed by atoms with E-state index in [4.69, 9.17) is 4.98 Å². The Morgan fingerprint density at radius 1 is 0.348 bits per heavy atom. The molecule has 0 aliphatic carbocycles. The van der Waals surface area contributed by atoms with E-state index in [1.807, 2.05) is 0 Å². The molecule has 1 heterocycles. The lowest BCUT2D eigenvalue weighted by Gasteiger charge is -2.20. The van der Waals surface area contributed by atoms with E-state index in [0.29, 0.717) is 0 Å². The molecule has 0 radical (unpaired) electrons. The Balaban J connectivity index is 1.43. The maximum absolute atomic E-state index is 5.09. The third kappa shape index (κ3) is 6.70. The van der Waals surface area contributed by atoms with Gasteiger partial charge < -0.3 is 0 Å². The second-order valence-electron chi connectivity index (χ2n) is 15.9. The zero-order chi connectivity index (χ0) is 32.9. The monoisotopic (exact) mass is 601 g/mol. The smallest absolute Gasteiger partial charge is 0.0709 e. The van der Waals surface area contributed by atoms with Crippen LogP contribution in [0.5, 0.6) is 0 Å². The van der Waals surface area contributed by atoms with Gasteiger partial charge in [-0.1, -0.05) is 141 Å². The Kier molecular flexibility index (Phi) is 8.01. The van der Waals surface area contributed by atoms with Crippen molar-refractivity contribution in [3.05, 3.63) is 138 Å². The average molecular weight is 602 g/mol. The van der Waals surface area contributed by atoms with Crippen LogP contribution in [0, 0.1) is 0 Å². The van der Waals surface area contributed by atoms with Crippen molar-refractivity contribution in [2.45, 2.75) is 78.6 Å². The minimum atomic E-state index is 0.109. The molecule has 1 nitrogen and oxygen atoms in total. The number of rotatable bonds is 4. The van der Waals surface area contributed by atoms with Gasteiger partial charge in [0.25, 0.3) is 0 Å². The highest BCUT2D eigenvalue weighted by Gasteiger charge is 2.17. The molecule has 0 spiro atoms. The maximum Gasteiger partial charge on any atom is 0.0709 e. The fourth-order valence-corrected chi connectivity index (χ4v) is 6.06. The molecule has 0 bridgehead atoms. The molecule has 0 saturated carbocycles. The van der Waals surface area contributed by atoms with Gasteiger partial charge in [-0.3, -0.25) is 0 Å². The van der Waals surface area contributed by atoms with Gasteiger partial charge in [0.2, 0.25) is 0 Å².